The Labute approximate surface area is 176 Å². The maximum absolute atomic E-state index is 12.9. The zero-order valence-electron chi connectivity index (χ0n) is 15.6. The SMILES string of the molecule is O=C(Nc1nnc(S(=O)(=O)Nc2ccc3c4c(cccc24)CC3)s1)c1ccccc1. The van der Waals surface area contributed by atoms with Crippen LogP contribution in [0.25, 0.3) is 10.8 Å². The number of sulfonamides is 1. The topological polar surface area (TPSA) is 101 Å². The maximum Gasteiger partial charge on any atom is 0.291 e. The summed E-state index contributed by atoms with van der Waals surface area (Å²) < 4.78 is 28.2. The molecule has 150 valence electrons. The van der Waals surface area contributed by atoms with Crippen LogP contribution in [0.1, 0.15) is 21.5 Å². The van der Waals surface area contributed by atoms with Crippen LogP contribution in [0.2, 0.25) is 0 Å². The van der Waals surface area contributed by atoms with E-state index in [0.29, 0.717) is 11.3 Å². The number of nitrogens with zero attached hydrogens (tertiary/aromatic N) is 2. The van der Waals surface area contributed by atoms with E-state index in [1.54, 1.807) is 36.4 Å². The van der Waals surface area contributed by atoms with Crippen LogP contribution in [-0.4, -0.2) is 24.5 Å². The minimum Gasteiger partial charge on any atom is -0.296 e. The number of hydrogen-bond acceptors (Lipinski definition) is 6. The molecule has 1 aliphatic rings. The molecule has 0 unspecified atom stereocenters. The van der Waals surface area contributed by atoms with Crippen LogP contribution < -0.4 is 10.0 Å². The molecule has 4 aromatic rings. The van der Waals surface area contributed by atoms with Gasteiger partial charge in [0, 0.05) is 10.9 Å². The van der Waals surface area contributed by atoms with Crippen LogP contribution in [-0.2, 0) is 22.9 Å². The molecule has 1 aromatic heterocycles. The smallest absolute Gasteiger partial charge is 0.291 e. The number of benzene rings is 3. The van der Waals surface area contributed by atoms with Gasteiger partial charge in [0.15, 0.2) is 0 Å². The summed E-state index contributed by atoms with van der Waals surface area (Å²) in [7, 11) is -3.95. The zero-order valence-corrected chi connectivity index (χ0v) is 17.3. The van der Waals surface area contributed by atoms with Crippen LogP contribution in [0, 0.1) is 0 Å². The van der Waals surface area contributed by atoms with Gasteiger partial charge in [0.05, 0.1) is 5.69 Å². The molecule has 0 radical (unpaired) electrons. The first-order chi connectivity index (χ1) is 14.5. The van der Waals surface area contributed by atoms with Crippen LogP contribution in [0.5, 0.6) is 0 Å². The molecule has 5 rings (SSSR count). The number of rotatable bonds is 5. The second-order valence-corrected chi connectivity index (χ2v) is 9.74. The molecule has 9 heteroatoms. The van der Waals surface area contributed by atoms with Crippen molar-refractivity contribution in [1.29, 1.82) is 0 Å². The quantitative estimate of drug-likeness (QED) is 0.463. The largest absolute Gasteiger partial charge is 0.296 e. The lowest BCUT2D eigenvalue weighted by molar-refractivity contribution is 0.102. The first-order valence-corrected chi connectivity index (χ1v) is 11.6. The standard InChI is InChI=1S/C21H16N4O3S2/c26-19(15-5-2-1-3-6-15)22-20-23-24-21(29-20)30(27,28)25-17-12-11-14-10-9-13-7-4-8-16(17)18(13)14/h1-8,11-12,25H,9-10H2,(H,22,23,26). The summed E-state index contributed by atoms with van der Waals surface area (Å²) in [4.78, 5) is 12.2. The fourth-order valence-electron chi connectivity index (χ4n) is 3.65. The number of carbonyl (C=O) groups is 1. The second-order valence-electron chi connectivity index (χ2n) is 6.91. The lowest BCUT2D eigenvalue weighted by Gasteiger charge is -2.10. The minimum atomic E-state index is -3.95. The van der Waals surface area contributed by atoms with Crippen molar-refractivity contribution in [1.82, 2.24) is 10.2 Å². The molecule has 1 amide bonds. The van der Waals surface area contributed by atoms with Crippen LogP contribution in [0.3, 0.4) is 0 Å². The lowest BCUT2D eigenvalue weighted by Crippen LogP contribution is -2.13. The fourth-order valence-corrected chi connectivity index (χ4v) is 5.63. The van der Waals surface area contributed by atoms with E-state index in [2.05, 4.69) is 26.3 Å². The van der Waals surface area contributed by atoms with Crippen molar-refractivity contribution >= 4 is 48.9 Å². The third-order valence-electron chi connectivity index (χ3n) is 5.01. The summed E-state index contributed by atoms with van der Waals surface area (Å²) in [6.07, 6.45) is 1.92. The van der Waals surface area contributed by atoms with Crippen molar-refractivity contribution in [3.05, 3.63) is 77.4 Å². The minimum absolute atomic E-state index is 0.115. The molecule has 2 N–H and O–H groups in total. The van der Waals surface area contributed by atoms with Crippen molar-refractivity contribution < 1.29 is 13.2 Å². The Bertz CT molecular complexity index is 1370. The molecule has 0 bridgehead atoms. The molecule has 0 aliphatic heterocycles. The van der Waals surface area contributed by atoms with Gasteiger partial charge in [0.2, 0.25) is 5.13 Å². The first-order valence-electron chi connectivity index (χ1n) is 9.27. The number of hydrogen-bond donors (Lipinski definition) is 2. The Morgan fingerprint density at radius 1 is 0.900 bits per heavy atom. The van der Waals surface area contributed by atoms with Crippen molar-refractivity contribution in [3.8, 4) is 0 Å². The average molecular weight is 437 g/mol. The van der Waals surface area contributed by atoms with Gasteiger partial charge in [-0.2, -0.15) is 8.42 Å². The van der Waals surface area contributed by atoms with Crippen LogP contribution in [0.15, 0.2) is 65.0 Å². The van der Waals surface area contributed by atoms with Gasteiger partial charge in [0.1, 0.15) is 0 Å². The molecule has 0 spiro atoms. The number of anilines is 2. The summed E-state index contributed by atoms with van der Waals surface area (Å²) in [5, 5.41) is 12.3. The Hall–Kier alpha value is -3.30. The highest BCUT2D eigenvalue weighted by atomic mass is 32.2. The Morgan fingerprint density at radius 3 is 2.47 bits per heavy atom. The third-order valence-corrected chi connectivity index (χ3v) is 7.59. The van der Waals surface area contributed by atoms with Gasteiger partial charge in [0.25, 0.3) is 20.3 Å². The van der Waals surface area contributed by atoms with Gasteiger partial charge in [-0.15, -0.1) is 10.2 Å². The molecule has 0 fully saturated rings. The summed E-state index contributed by atoms with van der Waals surface area (Å²) in [5.41, 5.74) is 3.40. The Morgan fingerprint density at radius 2 is 1.67 bits per heavy atom. The van der Waals surface area contributed by atoms with E-state index in [9.17, 15) is 13.2 Å². The van der Waals surface area contributed by atoms with Gasteiger partial charge in [-0.25, -0.2) is 0 Å². The normalized spacial score (nSPS) is 12.8. The van der Waals surface area contributed by atoms with Crippen molar-refractivity contribution in [2.45, 2.75) is 17.2 Å². The van der Waals surface area contributed by atoms with E-state index in [-0.39, 0.29) is 15.4 Å². The molecule has 0 atom stereocenters. The number of nitrogens with one attached hydrogen (secondary N) is 2. The molecular weight excluding hydrogens is 420 g/mol. The number of aryl methyl sites for hydroxylation is 2. The van der Waals surface area contributed by atoms with E-state index in [0.717, 1.165) is 35.0 Å². The summed E-state index contributed by atoms with van der Waals surface area (Å²) >= 11 is 0.801. The fraction of sp³-hybridized carbons (Fsp3) is 0.0952. The maximum atomic E-state index is 12.9. The molecule has 0 saturated carbocycles. The van der Waals surface area contributed by atoms with E-state index < -0.39 is 10.0 Å². The number of carbonyl (C=O) groups excluding carboxylic acids is 1. The van der Waals surface area contributed by atoms with Gasteiger partial charge < -0.3 is 0 Å². The lowest BCUT2D eigenvalue weighted by atomic mass is 10.0. The van der Waals surface area contributed by atoms with Crippen LogP contribution >= 0.6 is 11.3 Å². The second kappa shape index (κ2) is 7.19. The monoisotopic (exact) mass is 436 g/mol. The third kappa shape index (κ3) is 3.31. The molecule has 30 heavy (non-hydrogen) atoms. The predicted octanol–water partition coefficient (Wildman–Crippen LogP) is 3.84. The molecule has 0 saturated heterocycles. The molecule has 1 aliphatic carbocycles. The Kier molecular flexibility index (Phi) is 4.48. The van der Waals surface area contributed by atoms with Gasteiger partial charge >= 0.3 is 0 Å². The van der Waals surface area contributed by atoms with Crippen molar-refractivity contribution in [2.24, 2.45) is 0 Å². The molecule has 3 aromatic carbocycles. The highest BCUT2D eigenvalue weighted by Gasteiger charge is 2.23. The zero-order chi connectivity index (χ0) is 20.7. The highest BCUT2D eigenvalue weighted by molar-refractivity contribution is 7.94. The summed E-state index contributed by atoms with van der Waals surface area (Å²) in [6.45, 7) is 0. The number of amides is 1. The Balaban J connectivity index is 1.41. The van der Waals surface area contributed by atoms with Crippen molar-refractivity contribution in [3.63, 3.8) is 0 Å². The average Bonchev–Trinajstić information content (AvgIpc) is 3.39. The van der Waals surface area contributed by atoms with E-state index in [1.807, 2.05) is 18.2 Å². The van der Waals surface area contributed by atoms with Gasteiger partial charge in [-0.05, 0) is 47.6 Å². The van der Waals surface area contributed by atoms with E-state index in [1.165, 1.54) is 11.1 Å². The van der Waals surface area contributed by atoms with Crippen molar-refractivity contribution in [2.75, 3.05) is 10.0 Å². The number of aromatic nitrogens is 2. The molecule has 7 nitrogen and oxygen atoms in total. The van der Waals surface area contributed by atoms with Gasteiger partial charge in [-0.3, -0.25) is 14.8 Å². The van der Waals surface area contributed by atoms with E-state index >= 15 is 0 Å². The highest BCUT2D eigenvalue weighted by Crippen LogP contribution is 2.36. The molecular formula is C21H16N4O3S2. The van der Waals surface area contributed by atoms with Crippen LogP contribution in [0.4, 0.5) is 10.8 Å². The van der Waals surface area contributed by atoms with Gasteiger partial charge in [-0.1, -0.05) is 53.8 Å². The molecule has 1 heterocycles. The predicted molar refractivity (Wildman–Crippen MR) is 116 cm³/mol. The first kappa shape index (κ1) is 18.7. The summed E-state index contributed by atoms with van der Waals surface area (Å²) in [6, 6.07) is 18.3. The van der Waals surface area contributed by atoms with E-state index in [4.69, 9.17) is 0 Å². The summed E-state index contributed by atoms with van der Waals surface area (Å²) in [5.74, 6) is -0.379.